The predicted molar refractivity (Wildman–Crippen MR) is 71.3 cm³/mol. The van der Waals surface area contributed by atoms with Crippen LogP contribution >= 0.6 is 0 Å². The second-order valence-corrected chi connectivity index (χ2v) is 5.36. The summed E-state index contributed by atoms with van der Waals surface area (Å²) in [4.78, 5) is 11.6. The molecule has 0 amide bonds. The summed E-state index contributed by atoms with van der Waals surface area (Å²) in [5, 5.41) is 20.4. The maximum Gasteiger partial charge on any atom is 0.334 e. The highest BCUT2D eigenvalue weighted by molar-refractivity contribution is 5.91. The average Bonchev–Trinajstić information content (AvgIpc) is 2.62. The number of hydrogen-bond donors (Lipinski definition) is 2. The first kappa shape index (κ1) is 14.0. The Balaban J connectivity index is 2.39. The minimum atomic E-state index is -1.08. The Morgan fingerprint density at radius 3 is 2.74 bits per heavy atom. The predicted octanol–water partition coefficient (Wildman–Crippen LogP) is 1.49. The molecular formula is C15H20O4. The highest BCUT2D eigenvalue weighted by Gasteiger charge is 2.44. The van der Waals surface area contributed by atoms with Crippen molar-refractivity contribution in [3.05, 3.63) is 35.5 Å². The van der Waals surface area contributed by atoms with Crippen molar-refractivity contribution in [3.8, 4) is 0 Å². The fourth-order valence-electron chi connectivity index (χ4n) is 2.62. The molecule has 4 heteroatoms. The molecule has 0 spiro atoms. The standard InChI is InChI=1S/C15H20O4/c1-8-5-4-6-9(2)13(16)14(17)12-10(3)15(18)19-11(12)7-8/h6-7,11-14,16-17H,3-5H2,1-2H3/t11-,12-,13+,14+/m0/s1. The minimum absolute atomic E-state index is 0.231. The molecular weight excluding hydrogens is 244 g/mol. The minimum Gasteiger partial charge on any atom is -0.454 e. The molecule has 0 radical (unpaired) electrons. The lowest BCUT2D eigenvalue weighted by Crippen LogP contribution is -2.38. The van der Waals surface area contributed by atoms with E-state index in [0.717, 1.165) is 18.4 Å². The number of aliphatic hydroxyl groups excluding tert-OH is 2. The Morgan fingerprint density at radius 2 is 2.05 bits per heavy atom. The molecule has 1 aliphatic carbocycles. The number of carbonyl (C=O) groups is 1. The number of rotatable bonds is 0. The summed E-state index contributed by atoms with van der Waals surface area (Å²) in [6.45, 7) is 7.44. The summed E-state index contributed by atoms with van der Waals surface area (Å²) in [5.41, 5.74) is 2.05. The second kappa shape index (κ2) is 5.31. The summed E-state index contributed by atoms with van der Waals surface area (Å²) in [6, 6.07) is 0. The zero-order chi connectivity index (χ0) is 14.2. The number of fused-ring (bicyclic) bond motifs is 1. The third-order valence-electron chi connectivity index (χ3n) is 3.87. The maximum absolute atomic E-state index is 11.6. The Kier molecular flexibility index (Phi) is 3.92. The van der Waals surface area contributed by atoms with Gasteiger partial charge in [0, 0.05) is 5.57 Å². The summed E-state index contributed by atoms with van der Waals surface area (Å²) in [5.74, 6) is -1.08. The second-order valence-electron chi connectivity index (χ2n) is 5.36. The number of aliphatic hydroxyl groups is 2. The first-order valence-corrected chi connectivity index (χ1v) is 6.51. The van der Waals surface area contributed by atoms with Gasteiger partial charge in [0.2, 0.25) is 0 Å². The topological polar surface area (TPSA) is 66.8 Å². The van der Waals surface area contributed by atoms with Crippen molar-refractivity contribution in [2.24, 2.45) is 5.92 Å². The lowest BCUT2D eigenvalue weighted by Gasteiger charge is -2.27. The van der Waals surface area contributed by atoms with Gasteiger partial charge in [-0.25, -0.2) is 4.79 Å². The number of allylic oxidation sites excluding steroid dienone is 2. The first-order chi connectivity index (χ1) is 8.91. The summed E-state index contributed by atoms with van der Waals surface area (Å²) < 4.78 is 5.23. The van der Waals surface area contributed by atoms with Gasteiger partial charge in [-0.05, 0) is 38.3 Å². The van der Waals surface area contributed by atoms with E-state index in [-0.39, 0.29) is 5.57 Å². The van der Waals surface area contributed by atoms with Crippen LogP contribution in [0.1, 0.15) is 26.7 Å². The monoisotopic (exact) mass is 264 g/mol. The molecule has 0 aromatic carbocycles. The van der Waals surface area contributed by atoms with Gasteiger partial charge in [0.25, 0.3) is 0 Å². The van der Waals surface area contributed by atoms with E-state index in [1.54, 1.807) is 6.92 Å². The van der Waals surface area contributed by atoms with Gasteiger partial charge in [-0.1, -0.05) is 18.2 Å². The van der Waals surface area contributed by atoms with Crippen LogP contribution in [0.3, 0.4) is 0 Å². The van der Waals surface area contributed by atoms with E-state index in [4.69, 9.17) is 4.74 Å². The van der Waals surface area contributed by atoms with Crippen LogP contribution in [-0.4, -0.2) is 34.5 Å². The maximum atomic E-state index is 11.6. The van der Waals surface area contributed by atoms with E-state index in [1.165, 1.54) is 0 Å². The van der Waals surface area contributed by atoms with E-state index in [9.17, 15) is 15.0 Å². The molecule has 2 aliphatic rings. The molecule has 104 valence electrons. The smallest absolute Gasteiger partial charge is 0.334 e. The molecule has 0 bridgehead atoms. The quantitative estimate of drug-likeness (QED) is 0.395. The Hall–Kier alpha value is -1.39. The molecule has 2 rings (SSSR count). The van der Waals surface area contributed by atoms with Crippen molar-refractivity contribution < 1.29 is 19.7 Å². The molecule has 0 aromatic heterocycles. The van der Waals surface area contributed by atoms with Crippen LogP contribution in [0.2, 0.25) is 0 Å². The lowest BCUT2D eigenvalue weighted by atomic mass is 9.84. The van der Waals surface area contributed by atoms with Crippen molar-refractivity contribution in [3.63, 3.8) is 0 Å². The molecule has 1 fully saturated rings. The van der Waals surface area contributed by atoms with Gasteiger partial charge in [0.1, 0.15) is 12.2 Å². The zero-order valence-electron chi connectivity index (χ0n) is 11.3. The highest BCUT2D eigenvalue weighted by atomic mass is 16.6. The fourth-order valence-corrected chi connectivity index (χ4v) is 2.62. The van der Waals surface area contributed by atoms with Crippen LogP contribution in [0.5, 0.6) is 0 Å². The molecule has 1 heterocycles. The Bertz CT molecular complexity index is 461. The van der Waals surface area contributed by atoms with Gasteiger partial charge in [-0.3, -0.25) is 0 Å². The van der Waals surface area contributed by atoms with Crippen molar-refractivity contribution in [2.45, 2.75) is 45.0 Å². The van der Waals surface area contributed by atoms with Crippen LogP contribution in [0.15, 0.2) is 35.5 Å². The van der Waals surface area contributed by atoms with Gasteiger partial charge in [-0.15, -0.1) is 0 Å². The number of ether oxygens (including phenoxy) is 1. The number of hydrogen-bond acceptors (Lipinski definition) is 4. The van der Waals surface area contributed by atoms with E-state index >= 15 is 0 Å². The third-order valence-corrected chi connectivity index (χ3v) is 3.87. The van der Waals surface area contributed by atoms with Crippen molar-refractivity contribution >= 4 is 5.97 Å². The molecule has 4 nitrogen and oxygen atoms in total. The molecule has 1 saturated heterocycles. The van der Waals surface area contributed by atoms with Crippen LogP contribution in [0, 0.1) is 5.92 Å². The van der Waals surface area contributed by atoms with Crippen LogP contribution in [0.4, 0.5) is 0 Å². The molecule has 0 unspecified atom stereocenters. The van der Waals surface area contributed by atoms with Crippen LogP contribution in [-0.2, 0) is 9.53 Å². The average molecular weight is 264 g/mol. The Labute approximate surface area is 113 Å². The van der Waals surface area contributed by atoms with E-state index in [2.05, 4.69) is 6.58 Å². The highest BCUT2D eigenvalue weighted by Crippen LogP contribution is 2.34. The van der Waals surface area contributed by atoms with Gasteiger partial charge < -0.3 is 14.9 Å². The molecule has 0 saturated carbocycles. The largest absolute Gasteiger partial charge is 0.454 e. The van der Waals surface area contributed by atoms with E-state index < -0.39 is 30.2 Å². The normalized spacial score (nSPS) is 36.2. The van der Waals surface area contributed by atoms with Gasteiger partial charge >= 0.3 is 5.97 Å². The molecule has 19 heavy (non-hydrogen) atoms. The number of carbonyl (C=O) groups excluding carboxylic acids is 1. The number of esters is 1. The third kappa shape index (κ3) is 2.65. The van der Waals surface area contributed by atoms with Gasteiger partial charge in [-0.2, -0.15) is 0 Å². The zero-order valence-corrected chi connectivity index (χ0v) is 11.3. The lowest BCUT2D eigenvalue weighted by molar-refractivity contribution is -0.137. The summed E-state index contributed by atoms with van der Waals surface area (Å²) in [7, 11) is 0. The summed E-state index contributed by atoms with van der Waals surface area (Å²) >= 11 is 0. The van der Waals surface area contributed by atoms with Gasteiger partial charge in [0.15, 0.2) is 0 Å². The van der Waals surface area contributed by atoms with Crippen molar-refractivity contribution in [1.29, 1.82) is 0 Å². The van der Waals surface area contributed by atoms with Crippen LogP contribution in [0.25, 0.3) is 0 Å². The SMILES string of the molecule is C=C1C(=O)O[C@H]2C=C(C)CCC=C(C)[C@@H](O)[C@H](O)[C@@H]12. The van der Waals surface area contributed by atoms with Gasteiger partial charge in [0.05, 0.1) is 12.0 Å². The summed E-state index contributed by atoms with van der Waals surface area (Å²) in [6.07, 6.45) is 2.80. The van der Waals surface area contributed by atoms with E-state index in [1.807, 2.05) is 19.1 Å². The molecule has 0 aromatic rings. The van der Waals surface area contributed by atoms with E-state index in [0.29, 0.717) is 5.57 Å². The van der Waals surface area contributed by atoms with Crippen LogP contribution < -0.4 is 0 Å². The first-order valence-electron chi connectivity index (χ1n) is 6.51. The van der Waals surface area contributed by atoms with Crippen molar-refractivity contribution in [2.75, 3.05) is 0 Å². The fraction of sp³-hybridized carbons (Fsp3) is 0.533. The Morgan fingerprint density at radius 1 is 1.37 bits per heavy atom. The molecule has 2 N–H and O–H groups in total. The van der Waals surface area contributed by atoms with Crippen molar-refractivity contribution in [1.82, 2.24) is 0 Å². The molecule has 1 aliphatic heterocycles. The molecule has 4 atom stereocenters.